The molecule has 0 aliphatic heterocycles. The van der Waals surface area contributed by atoms with Crippen molar-refractivity contribution in [3.05, 3.63) is 41.5 Å². The first-order valence-electron chi connectivity index (χ1n) is 4.87. The van der Waals surface area contributed by atoms with E-state index in [0.29, 0.717) is 5.39 Å². The minimum Gasteiger partial charge on any atom is -0.282 e. The summed E-state index contributed by atoms with van der Waals surface area (Å²) < 4.78 is 31.5. The van der Waals surface area contributed by atoms with E-state index in [1.807, 2.05) is 26.0 Å². The van der Waals surface area contributed by atoms with Gasteiger partial charge in [-0.1, -0.05) is 24.3 Å². The van der Waals surface area contributed by atoms with E-state index in [0.717, 1.165) is 16.5 Å². The largest absolute Gasteiger partial charge is 0.295 e. The van der Waals surface area contributed by atoms with Gasteiger partial charge in [0, 0.05) is 5.39 Å². The molecule has 0 aliphatic carbocycles. The van der Waals surface area contributed by atoms with Crippen LogP contribution in [0.5, 0.6) is 0 Å². The Morgan fingerprint density at radius 1 is 1.00 bits per heavy atom. The summed E-state index contributed by atoms with van der Waals surface area (Å²) in [4.78, 5) is -0.0342. The van der Waals surface area contributed by atoms with Crippen molar-refractivity contribution in [2.24, 2.45) is 0 Å². The SMILES string of the molecule is Cc1ccc2c(S(=O)(=O)O)cccc2c1C. The molecule has 1 N–H and O–H groups in total. The first-order valence-corrected chi connectivity index (χ1v) is 6.31. The van der Waals surface area contributed by atoms with Crippen molar-refractivity contribution < 1.29 is 13.0 Å². The van der Waals surface area contributed by atoms with Gasteiger partial charge in [0.2, 0.25) is 0 Å². The van der Waals surface area contributed by atoms with Crippen LogP contribution in [-0.4, -0.2) is 13.0 Å². The Morgan fingerprint density at radius 3 is 2.31 bits per heavy atom. The van der Waals surface area contributed by atoms with Crippen LogP contribution >= 0.6 is 0 Å². The highest BCUT2D eigenvalue weighted by Crippen LogP contribution is 2.27. The van der Waals surface area contributed by atoms with Gasteiger partial charge in [-0.2, -0.15) is 8.42 Å². The molecule has 2 aromatic carbocycles. The predicted molar refractivity (Wildman–Crippen MR) is 63.2 cm³/mol. The van der Waals surface area contributed by atoms with Gasteiger partial charge in [-0.05, 0) is 36.4 Å². The number of aryl methyl sites for hydroxylation is 2. The van der Waals surface area contributed by atoms with Crippen molar-refractivity contribution in [2.75, 3.05) is 0 Å². The van der Waals surface area contributed by atoms with Crippen LogP contribution in [0.25, 0.3) is 10.8 Å². The average molecular weight is 236 g/mol. The van der Waals surface area contributed by atoms with Crippen LogP contribution in [0.3, 0.4) is 0 Å². The summed E-state index contributed by atoms with van der Waals surface area (Å²) in [6.07, 6.45) is 0. The molecule has 2 aromatic rings. The Kier molecular flexibility index (Phi) is 2.48. The molecule has 0 atom stereocenters. The first kappa shape index (κ1) is 11.1. The summed E-state index contributed by atoms with van der Waals surface area (Å²) in [5.41, 5.74) is 2.13. The molecule has 0 amide bonds. The molecule has 4 heteroatoms. The summed E-state index contributed by atoms with van der Waals surface area (Å²) in [6, 6.07) is 8.48. The predicted octanol–water partition coefficient (Wildman–Crippen LogP) is 2.70. The molecule has 0 aliphatic rings. The third kappa shape index (κ3) is 1.70. The summed E-state index contributed by atoms with van der Waals surface area (Å²) in [7, 11) is -4.16. The van der Waals surface area contributed by atoms with Gasteiger partial charge in [0.05, 0.1) is 0 Å². The molecule has 0 fully saturated rings. The zero-order valence-corrected chi connectivity index (χ0v) is 9.88. The molecule has 0 radical (unpaired) electrons. The highest BCUT2D eigenvalue weighted by Gasteiger charge is 2.14. The van der Waals surface area contributed by atoms with Gasteiger partial charge in [0.15, 0.2) is 0 Å². The minimum atomic E-state index is -4.16. The van der Waals surface area contributed by atoms with E-state index < -0.39 is 10.1 Å². The number of hydrogen-bond acceptors (Lipinski definition) is 2. The second-order valence-electron chi connectivity index (χ2n) is 3.83. The molecular weight excluding hydrogens is 224 g/mol. The van der Waals surface area contributed by atoms with E-state index >= 15 is 0 Å². The molecule has 0 aromatic heterocycles. The zero-order valence-electron chi connectivity index (χ0n) is 9.06. The van der Waals surface area contributed by atoms with Crippen molar-refractivity contribution >= 4 is 20.9 Å². The molecular formula is C12H12O3S. The Morgan fingerprint density at radius 2 is 1.69 bits per heavy atom. The highest BCUT2D eigenvalue weighted by molar-refractivity contribution is 7.86. The quantitative estimate of drug-likeness (QED) is 0.774. The lowest BCUT2D eigenvalue weighted by atomic mass is 10.0. The van der Waals surface area contributed by atoms with Gasteiger partial charge in [0.25, 0.3) is 10.1 Å². The van der Waals surface area contributed by atoms with Crippen molar-refractivity contribution in [3.63, 3.8) is 0 Å². The number of rotatable bonds is 1. The Bertz CT molecular complexity index is 657. The van der Waals surface area contributed by atoms with Crippen LogP contribution in [0.4, 0.5) is 0 Å². The fourth-order valence-corrected chi connectivity index (χ4v) is 2.52. The van der Waals surface area contributed by atoms with Crippen LogP contribution in [-0.2, 0) is 10.1 Å². The summed E-state index contributed by atoms with van der Waals surface area (Å²) in [5, 5.41) is 1.42. The van der Waals surface area contributed by atoms with Crippen LogP contribution in [0, 0.1) is 13.8 Å². The summed E-state index contributed by atoms with van der Waals surface area (Å²) in [6.45, 7) is 3.90. The Hall–Kier alpha value is -1.39. The molecule has 84 valence electrons. The summed E-state index contributed by atoms with van der Waals surface area (Å²) >= 11 is 0. The molecule has 0 heterocycles. The topological polar surface area (TPSA) is 54.4 Å². The van der Waals surface area contributed by atoms with Crippen molar-refractivity contribution in [3.8, 4) is 0 Å². The summed E-state index contributed by atoms with van der Waals surface area (Å²) in [5.74, 6) is 0. The lowest BCUT2D eigenvalue weighted by Gasteiger charge is -2.08. The van der Waals surface area contributed by atoms with E-state index in [4.69, 9.17) is 4.55 Å². The lowest BCUT2D eigenvalue weighted by molar-refractivity contribution is 0.484. The minimum absolute atomic E-state index is 0.0342. The average Bonchev–Trinajstić information content (AvgIpc) is 2.21. The second-order valence-corrected chi connectivity index (χ2v) is 5.22. The maximum atomic E-state index is 11.2. The van der Waals surface area contributed by atoms with Gasteiger partial charge in [0.1, 0.15) is 4.90 Å². The standard InChI is InChI=1S/C12H12O3S/c1-8-6-7-11-10(9(8)2)4-3-5-12(11)16(13,14)15/h3-7H,1-2H3,(H,13,14,15). The van der Waals surface area contributed by atoms with Crippen LogP contribution in [0.2, 0.25) is 0 Å². The van der Waals surface area contributed by atoms with E-state index in [-0.39, 0.29) is 4.90 Å². The van der Waals surface area contributed by atoms with Gasteiger partial charge in [-0.25, -0.2) is 0 Å². The molecule has 2 rings (SSSR count). The Balaban J connectivity index is 2.96. The molecule has 0 unspecified atom stereocenters. The zero-order chi connectivity index (χ0) is 11.9. The Labute approximate surface area is 94.5 Å². The highest BCUT2D eigenvalue weighted by atomic mass is 32.2. The molecule has 0 bridgehead atoms. The maximum absolute atomic E-state index is 11.2. The second kappa shape index (κ2) is 3.57. The van der Waals surface area contributed by atoms with Gasteiger partial charge in [-0.15, -0.1) is 0 Å². The van der Waals surface area contributed by atoms with Crippen LogP contribution < -0.4 is 0 Å². The maximum Gasteiger partial charge on any atom is 0.295 e. The number of benzene rings is 2. The molecule has 3 nitrogen and oxygen atoms in total. The van der Waals surface area contributed by atoms with E-state index in [1.54, 1.807) is 12.1 Å². The number of fused-ring (bicyclic) bond motifs is 1. The van der Waals surface area contributed by atoms with Crippen LogP contribution in [0.1, 0.15) is 11.1 Å². The normalized spacial score (nSPS) is 11.9. The van der Waals surface area contributed by atoms with E-state index in [2.05, 4.69) is 0 Å². The fourth-order valence-electron chi connectivity index (χ4n) is 1.81. The first-order chi connectivity index (χ1) is 7.41. The van der Waals surface area contributed by atoms with Gasteiger partial charge < -0.3 is 0 Å². The van der Waals surface area contributed by atoms with E-state index in [9.17, 15) is 8.42 Å². The number of hydrogen-bond donors (Lipinski definition) is 1. The lowest BCUT2D eigenvalue weighted by Crippen LogP contribution is -1.99. The van der Waals surface area contributed by atoms with Crippen LogP contribution in [0.15, 0.2) is 35.2 Å². The van der Waals surface area contributed by atoms with Crippen molar-refractivity contribution in [1.29, 1.82) is 0 Å². The molecule has 16 heavy (non-hydrogen) atoms. The third-order valence-electron chi connectivity index (χ3n) is 2.84. The van der Waals surface area contributed by atoms with Crippen molar-refractivity contribution in [2.45, 2.75) is 18.7 Å². The monoisotopic (exact) mass is 236 g/mol. The molecule has 0 saturated carbocycles. The smallest absolute Gasteiger partial charge is 0.282 e. The van der Waals surface area contributed by atoms with Gasteiger partial charge >= 0.3 is 0 Å². The van der Waals surface area contributed by atoms with E-state index in [1.165, 1.54) is 6.07 Å². The molecule has 0 saturated heterocycles. The third-order valence-corrected chi connectivity index (χ3v) is 3.75. The molecule has 0 spiro atoms. The fraction of sp³-hybridized carbons (Fsp3) is 0.167. The van der Waals surface area contributed by atoms with Gasteiger partial charge in [-0.3, -0.25) is 4.55 Å². The van der Waals surface area contributed by atoms with Crippen molar-refractivity contribution in [1.82, 2.24) is 0 Å².